The number of benzene rings is 1. The summed E-state index contributed by atoms with van der Waals surface area (Å²) in [5, 5.41) is 0. The van der Waals surface area contributed by atoms with E-state index in [1.54, 1.807) is 26.0 Å². The van der Waals surface area contributed by atoms with Gasteiger partial charge in [0.1, 0.15) is 0 Å². The number of aryl methyl sites for hydroxylation is 1. The molecule has 0 bridgehead atoms. The van der Waals surface area contributed by atoms with Crippen molar-refractivity contribution < 1.29 is 27.5 Å². The van der Waals surface area contributed by atoms with Crippen molar-refractivity contribution in [2.75, 3.05) is 26.3 Å². The number of hydrogen-bond donors (Lipinski definition) is 0. The van der Waals surface area contributed by atoms with Crippen molar-refractivity contribution in [2.45, 2.75) is 38.5 Å². The van der Waals surface area contributed by atoms with Gasteiger partial charge in [0.2, 0.25) is 10.0 Å². The van der Waals surface area contributed by atoms with Gasteiger partial charge in [0.25, 0.3) is 0 Å². The molecule has 0 N–H and O–H groups in total. The first kappa shape index (κ1) is 27.0. The quantitative estimate of drug-likeness (QED) is 0.219. The number of rotatable bonds is 11. The van der Waals surface area contributed by atoms with Gasteiger partial charge in [0.05, 0.1) is 31.2 Å². The van der Waals surface area contributed by atoms with E-state index in [1.165, 1.54) is 18.2 Å². The van der Waals surface area contributed by atoms with Crippen LogP contribution in [0, 0.1) is 36.5 Å². The second-order valence-corrected chi connectivity index (χ2v) is 8.77. The van der Waals surface area contributed by atoms with Gasteiger partial charge < -0.3 is 9.47 Å². The molecule has 0 aliphatic rings. The van der Waals surface area contributed by atoms with E-state index in [0.29, 0.717) is 0 Å². The Morgan fingerprint density at radius 3 is 2.12 bits per heavy atom. The summed E-state index contributed by atoms with van der Waals surface area (Å²) in [5.41, 5.74) is -0.753. The van der Waals surface area contributed by atoms with Crippen LogP contribution in [-0.4, -0.2) is 51.0 Å². The molecule has 0 aromatic heterocycles. The summed E-state index contributed by atoms with van der Waals surface area (Å²) < 4.78 is 37.0. The lowest BCUT2D eigenvalue weighted by Crippen LogP contribution is -2.41. The molecule has 0 aliphatic heterocycles. The zero-order valence-corrected chi connectivity index (χ0v) is 19.5. The predicted molar refractivity (Wildman–Crippen MR) is 122 cm³/mol. The van der Waals surface area contributed by atoms with Crippen LogP contribution in [0.3, 0.4) is 0 Å². The molecule has 1 aromatic rings. The number of ether oxygens (including phenoxy) is 2. The van der Waals surface area contributed by atoms with Gasteiger partial charge in [-0.3, -0.25) is 9.59 Å². The van der Waals surface area contributed by atoms with E-state index < -0.39 is 27.4 Å². The molecule has 0 radical (unpaired) electrons. The zero-order chi connectivity index (χ0) is 24.2. The molecule has 32 heavy (non-hydrogen) atoms. The van der Waals surface area contributed by atoms with Crippen molar-refractivity contribution in [3.63, 3.8) is 0 Å². The average Bonchev–Trinajstić information content (AvgIpc) is 2.75. The highest BCUT2D eigenvalue weighted by Gasteiger charge is 2.47. The number of nitrogens with zero attached hydrogens (tertiary/aromatic N) is 1. The number of terminal acetylenes is 1. The van der Waals surface area contributed by atoms with Crippen LogP contribution < -0.4 is 0 Å². The lowest BCUT2D eigenvalue weighted by Gasteiger charge is -2.26. The number of allylic oxidation sites excluding steroid dienone is 1. The third-order valence-corrected chi connectivity index (χ3v) is 6.33. The maximum atomic E-state index is 12.9. The van der Waals surface area contributed by atoms with E-state index >= 15 is 0 Å². The maximum absolute atomic E-state index is 12.9. The summed E-state index contributed by atoms with van der Waals surface area (Å²) in [6.07, 6.45) is 6.52. The molecule has 0 unspecified atom stereocenters. The Hall–Kier alpha value is -3.07. The number of carbonyl (C=O) groups is 2. The molecule has 0 heterocycles. The highest BCUT2D eigenvalue weighted by molar-refractivity contribution is 7.89. The Bertz CT molecular complexity index is 991. The topological polar surface area (TPSA) is 90.0 Å². The summed E-state index contributed by atoms with van der Waals surface area (Å²) in [4.78, 5) is 25.3. The fourth-order valence-corrected chi connectivity index (χ4v) is 4.05. The molecule has 0 amide bonds. The van der Waals surface area contributed by atoms with Gasteiger partial charge in [-0.05, 0) is 39.3 Å². The van der Waals surface area contributed by atoms with Gasteiger partial charge in [-0.1, -0.05) is 35.6 Å². The summed E-state index contributed by atoms with van der Waals surface area (Å²) in [6.45, 7) is 8.48. The maximum Gasteiger partial charge on any atom is 0.324 e. The van der Waals surface area contributed by atoms with Gasteiger partial charge in [-0.15, -0.1) is 18.9 Å². The Kier molecular flexibility index (Phi) is 10.7. The Labute approximate surface area is 190 Å². The SMILES string of the molecule is C#CCN(CC#CCC(CC=C)(C(=O)OCC)C(=O)OCC)S(=O)(=O)c1ccc(C)cc1. The molecule has 0 saturated heterocycles. The fourth-order valence-electron chi connectivity index (χ4n) is 2.80. The lowest BCUT2D eigenvalue weighted by atomic mass is 9.81. The van der Waals surface area contributed by atoms with Crippen LogP contribution in [-0.2, 0) is 29.1 Å². The molecule has 0 fully saturated rings. The zero-order valence-electron chi connectivity index (χ0n) is 18.7. The van der Waals surface area contributed by atoms with Gasteiger partial charge in [-0.25, -0.2) is 8.42 Å². The van der Waals surface area contributed by atoms with Crippen LogP contribution in [0.25, 0.3) is 0 Å². The summed E-state index contributed by atoms with van der Waals surface area (Å²) in [5.74, 6) is 6.25. The largest absolute Gasteiger partial charge is 0.465 e. The molecule has 0 saturated carbocycles. The first-order valence-corrected chi connectivity index (χ1v) is 11.5. The van der Waals surface area contributed by atoms with E-state index in [2.05, 4.69) is 24.3 Å². The summed E-state index contributed by atoms with van der Waals surface area (Å²) in [7, 11) is -3.87. The highest BCUT2D eigenvalue weighted by atomic mass is 32.2. The van der Waals surface area contributed by atoms with Crippen LogP contribution in [0.5, 0.6) is 0 Å². The molecule has 7 nitrogen and oxygen atoms in total. The Morgan fingerprint density at radius 1 is 1.09 bits per heavy atom. The van der Waals surface area contributed by atoms with E-state index in [4.69, 9.17) is 15.9 Å². The predicted octanol–water partition coefficient (Wildman–Crippen LogP) is 2.70. The van der Waals surface area contributed by atoms with Gasteiger partial charge in [0.15, 0.2) is 5.41 Å². The molecule has 1 rings (SSSR count). The second kappa shape index (κ2) is 12.7. The average molecular weight is 460 g/mol. The van der Waals surface area contributed by atoms with Crippen molar-refractivity contribution in [1.29, 1.82) is 0 Å². The van der Waals surface area contributed by atoms with Crippen molar-refractivity contribution in [2.24, 2.45) is 5.41 Å². The molecule has 0 atom stereocenters. The van der Waals surface area contributed by atoms with Gasteiger partial charge in [0, 0.05) is 6.42 Å². The van der Waals surface area contributed by atoms with Crippen LogP contribution in [0.15, 0.2) is 41.8 Å². The molecular weight excluding hydrogens is 430 g/mol. The van der Waals surface area contributed by atoms with Gasteiger partial charge in [-0.2, -0.15) is 4.31 Å². The van der Waals surface area contributed by atoms with E-state index in [1.807, 2.05) is 6.92 Å². The Morgan fingerprint density at radius 2 is 1.66 bits per heavy atom. The standard InChI is InChI=1S/C24H29NO6S/c1-6-16-24(22(26)30-8-3,23(27)31-9-4)17-10-11-19-25(18-7-2)32(28,29)21-14-12-20(5)13-15-21/h2,6,12-15H,1,8-9,16-19H2,3-5H3. The normalized spacial score (nSPS) is 11.1. The van der Waals surface area contributed by atoms with Gasteiger partial charge >= 0.3 is 11.9 Å². The monoisotopic (exact) mass is 459 g/mol. The lowest BCUT2D eigenvalue weighted by molar-refractivity contribution is -0.171. The summed E-state index contributed by atoms with van der Waals surface area (Å²) >= 11 is 0. The van der Waals surface area contributed by atoms with Crippen molar-refractivity contribution in [3.05, 3.63) is 42.5 Å². The molecule has 8 heteroatoms. The molecule has 0 spiro atoms. The van der Waals surface area contributed by atoms with Crippen LogP contribution in [0.2, 0.25) is 0 Å². The van der Waals surface area contributed by atoms with Crippen molar-refractivity contribution in [3.8, 4) is 24.2 Å². The molecule has 1 aromatic carbocycles. The van der Waals surface area contributed by atoms with E-state index in [0.717, 1.165) is 9.87 Å². The van der Waals surface area contributed by atoms with Crippen molar-refractivity contribution in [1.82, 2.24) is 4.31 Å². The molecular formula is C24H29NO6S. The fraction of sp³-hybridized carbons (Fsp3) is 0.417. The molecule has 172 valence electrons. The molecule has 0 aliphatic carbocycles. The van der Waals surface area contributed by atoms with E-state index in [-0.39, 0.29) is 44.0 Å². The van der Waals surface area contributed by atoms with Crippen LogP contribution in [0.1, 0.15) is 32.3 Å². The minimum atomic E-state index is -3.87. The number of hydrogen-bond acceptors (Lipinski definition) is 6. The van der Waals surface area contributed by atoms with Crippen LogP contribution >= 0.6 is 0 Å². The van der Waals surface area contributed by atoms with Crippen molar-refractivity contribution >= 4 is 22.0 Å². The number of esters is 2. The first-order valence-electron chi connectivity index (χ1n) is 10.1. The third kappa shape index (κ3) is 6.71. The smallest absolute Gasteiger partial charge is 0.324 e. The minimum absolute atomic E-state index is 0.0327. The van der Waals surface area contributed by atoms with Crippen LogP contribution in [0.4, 0.5) is 0 Å². The number of carbonyl (C=O) groups excluding carboxylic acids is 2. The first-order chi connectivity index (χ1) is 15.2. The number of sulfonamides is 1. The third-order valence-electron chi connectivity index (χ3n) is 4.52. The second-order valence-electron chi connectivity index (χ2n) is 6.84. The summed E-state index contributed by atoms with van der Waals surface area (Å²) in [6, 6.07) is 6.38. The van der Waals surface area contributed by atoms with E-state index in [9.17, 15) is 18.0 Å². The minimum Gasteiger partial charge on any atom is -0.465 e. The highest BCUT2D eigenvalue weighted by Crippen LogP contribution is 2.31. The Balaban J connectivity index is 3.18.